The molecule has 3 aliphatic heterocycles. The Morgan fingerprint density at radius 1 is 0.910 bits per heavy atom. The first-order valence-corrected chi connectivity index (χ1v) is 28.0. The van der Waals surface area contributed by atoms with Crippen molar-refractivity contribution in [2.75, 3.05) is 40.8 Å². The van der Waals surface area contributed by atoms with E-state index in [2.05, 4.69) is 22.5 Å². The Balaban J connectivity index is 1.87. The van der Waals surface area contributed by atoms with Crippen molar-refractivity contribution in [2.45, 2.75) is 195 Å². The Morgan fingerprint density at radius 2 is 1.55 bits per heavy atom. The van der Waals surface area contributed by atoms with Crippen LogP contribution in [0.5, 0.6) is 5.75 Å². The summed E-state index contributed by atoms with van der Waals surface area (Å²) in [5.41, 5.74) is 0.909. The van der Waals surface area contributed by atoms with Gasteiger partial charge in [-0.2, -0.15) is 0 Å². The van der Waals surface area contributed by atoms with Crippen LogP contribution in [-0.2, 0) is 59.0 Å². The highest BCUT2D eigenvalue weighted by atomic mass is 16.6. The van der Waals surface area contributed by atoms with Gasteiger partial charge in [0.2, 0.25) is 35.4 Å². The Kier molecular flexibility index (Phi) is 24.3. The second-order valence-corrected chi connectivity index (χ2v) is 23.1. The standard InChI is InChI=1S/C58H91N7O13/c1-16-36(10)48-46(66)30-47(67)78-51(34(6)7)50(68)37(11)52(69)59-40(27-32(2)3)31-64-25-17-19-42(64)56(73)63(14)45(29-39-21-23-41(76-15)24-22-39)58(75)77-38(12)49(54(71)60-48)61-53(70)44(28-33(4)5)62(13)57(74)43-20-18-26-65(43)55(72)35(8)9/h21-24,32-34,36-38,40,42-46,48-49,51,66H,8,16-20,25-31H2,1-7,9-15H3,(H,59,69)(H,60,71)(H,61,70)/t36-,37-,38+,40-,42-,43-,44-,45-,46-,48+,49-,51-/m0/s1. The zero-order valence-electron chi connectivity index (χ0n) is 48.8. The van der Waals surface area contributed by atoms with Gasteiger partial charge in [0.15, 0.2) is 11.9 Å². The monoisotopic (exact) mass is 1090 g/mol. The fourth-order valence-electron chi connectivity index (χ4n) is 10.7. The normalized spacial score (nSPS) is 27.6. The summed E-state index contributed by atoms with van der Waals surface area (Å²) in [7, 11) is 4.50. The maximum absolute atomic E-state index is 15.0. The van der Waals surface area contributed by atoms with Crippen LogP contribution in [0.15, 0.2) is 36.4 Å². The molecular weight excluding hydrogens is 1000 g/mol. The molecule has 78 heavy (non-hydrogen) atoms. The summed E-state index contributed by atoms with van der Waals surface area (Å²) < 4.78 is 17.4. The number of hydrogen-bond donors (Lipinski definition) is 4. The average molecular weight is 1090 g/mol. The van der Waals surface area contributed by atoms with Gasteiger partial charge in [-0.15, -0.1) is 0 Å². The maximum Gasteiger partial charge on any atom is 0.329 e. The molecule has 3 saturated heterocycles. The highest BCUT2D eigenvalue weighted by Crippen LogP contribution is 2.27. The molecule has 20 heteroatoms. The van der Waals surface area contributed by atoms with Crippen molar-refractivity contribution in [3.8, 4) is 5.75 Å². The molecule has 3 heterocycles. The lowest BCUT2D eigenvalue weighted by Crippen LogP contribution is -2.62. The highest BCUT2D eigenvalue weighted by Gasteiger charge is 2.44. The zero-order chi connectivity index (χ0) is 58.5. The number of ether oxygens (including phenoxy) is 3. The third-order valence-corrected chi connectivity index (χ3v) is 15.5. The number of Topliss-reactive ketones (excluding diaryl/α,β-unsaturated/α-hetero) is 1. The summed E-state index contributed by atoms with van der Waals surface area (Å²) in [6.07, 6.45) is -2.12. The van der Waals surface area contributed by atoms with Crippen molar-refractivity contribution in [2.24, 2.45) is 29.6 Å². The first-order chi connectivity index (χ1) is 36.6. The predicted octanol–water partition coefficient (Wildman–Crippen LogP) is 3.99. The van der Waals surface area contributed by atoms with Crippen LogP contribution in [0, 0.1) is 29.6 Å². The number of methoxy groups -OCH3 is 1. The summed E-state index contributed by atoms with van der Waals surface area (Å²) in [6, 6.07) is -0.468. The summed E-state index contributed by atoms with van der Waals surface area (Å²) in [5.74, 6) is -7.84. The Morgan fingerprint density at radius 3 is 2.13 bits per heavy atom. The fraction of sp³-hybridized carbons (Fsp3) is 0.707. The second kappa shape index (κ2) is 29.4. The summed E-state index contributed by atoms with van der Waals surface area (Å²) in [5, 5.41) is 20.5. The van der Waals surface area contributed by atoms with Crippen LogP contribution in [0.1, 0.15) is 133 Å². The first-order valence-electron chi connectivity index (χ1n) is 28.0. The molecule has 0 bridgehead atoms. The number of nitrogens with zero attached hydrogens (tertiary/aromatic N) is 4. The van der Waals surface area contributed by atoms with E-state index in [-0.39, 0.29) is 42.7 Å². The van der Waals surface area contributed by atoms with Gasteiger partial charge in [0.25, 0.3) is 0 Å². The minimum atomic E-state index is -1.69. The lowest BCUT2D eigenvalue weighted by atomic mass is 9.91. The number of amides is 6. The van der Waals surface area contributed by atoms with Crippen molar-refractivity contribution in [3.63, 3.8) is 0 Å². The summed E-state index contributed by atoms with van der Waals surface area (Å²) in [4.78, 5) is 135. The van der Waals surface area contributed by atoms with Gasteiger partial charge in [0.05, 0.1) is 37.6 Å². The van der Waals surface area contributed by atoms with Crippen LogP contribution in [0.2, 0.25) is 0 Å². The molecule has 0 spiro atoms. The number of benzene rings is 1. The minimum absolute atomic E-state index is 0.0309. The number of esters is 2. The van der Waals surface area contributed by atoms with E-state index in [1.165, 1.54) is 49.8 Å². The number of likely N-dealkylation sites (N-methyl/N-ethyl adjacent to an activating group) is 2. The number of rotatable bonds is 15. The summed E-state index contributed by atoms with van der Waals surface area (Å²) >= 11 is 0. The van der Waals surface area contributed by atoms with E-state index in [9.17, 15) is 43.5 Å². The van der Waals surface area contributed by atoms with Gasteiger partial charge in [-0.25, -0.2) is 4.79 Å². The van der Waals surface area contributed by atoms with E-state index in [1.54, 1.807) is 52.0 Å². The number of carbonyl (C=O) groups excluding carboxylic acids is 9. The molecule has 3 aliphatic rings. The molecule has 6 amide bonds. The number of fused-ring (bicyclic) bond motifs is 1. The van der Waals surface area contributed by atoms with E-state index in [4.69, 9.17) is 14.2 Å². The number of cyclic esters (lactones) is 2. The molecule has 0 saturated carbocycles. The maximum atomic E-state index is 15.0. The van der Waals surface area contributed by atoms with Gasteiger partial charge in [-0.1, -0.05) is 80.5 Å². The van der Waals surface area contributed by atoms with Crippen molar-refractivity contribution < 1.29 is 62.5 Å². The van der Waals surface area contributed by atoms with Crippen LogP contribution in [0.25, 0.3) is 0 Å². The molecular formula is C58H91N7O13. The lowest BCUT2D eigenvalue weighted by molar-refractivity contribution is -0.163. The van der Waals surface area contributed by atoms with Crippen molar-refractivity contribution in [1.29, 1.82) is 0 Å². The first kappa shape index (κ1) is 64.6. The highest BCUT2D eigenvalue weighted by molar-refractivity contribution is 6.04. The van der Waals surface area contributed by atoms with E-state index in [1.807, 2.05) is 39.5 Å². The SMILES string of the molecule is C=C(C)C(=O)N1CCC[C@H]1C(=O)N(C)[C@@H](CC(C)C)C(=O)N[C@@H]1C(=O)N[C@H]([C@@H](C)CC)[C@@H](O)CC(=O)O[C@@H](C(C)C)C(=O)[C@H](C)C(=O)N[C@@H](CC(C)C)CN2CCC[C@H]2C(=O)N(C)[C@@H](Cc2ccc(OC)cc2)C(=O)O[C@@H]1C. The molecule has 1 aromatic carbocycles. The molecule has 0 aliphatic carbocycles. The third kappa shape index (κ3) is 17.1. The topological polar surface area (TPSA) is 251 Å². The minimum Gasteiger partial charge on any atom is -0.497 e. The molecule has 0 radical (unpaired) electrons. The third-order valence-electron chi connectivity index (χ3n) is 15.5. The molecule has 1 aromatic rings. The fourth-order valence-corrected chi connectivity index (χ4v) is 10.7. The molecule has 436 valence electrons. The quantitative estimate of drug-likeness (QED) is 0.110. The van der Waals surface area contributed by atoms with Gasteiger partial charge < -0.3 is 50.0 Å². The van der Waals surface area contributed by atoms with E-state index in [0.717, 1.165) is 0 Å². The van der Waals surface area contributed by atoms with Crippen molar-refractivity contribution in [3.05, 3.63) is 42.0 Å². The van der Waals surface area contributed by atoms with Gasteiger partial charge in [0, 0.05) is 45.2 Å². The number of aliphatic hydroxyl groups is 1. The van der Waals surface area contributed by atoms with E-state index in [0.29, 0.717) is 62.9 Å². The average Bonchev–Trinajstić information content (AvgIpc) is 4.07. The van der Waals surface area contributed by atoms with Crippen molar-refractivity contribution in [1.82, 2.24) is 35.6 Å². The molecule has 12 atom stereocenters. The van der Waals surface area contributed by atoms with Crippen LogP contribution >= 0.6 is 0 Å². The molecule has 3 fully saturated rings. The molecule has 4 rings (SSSR count). The van der Waals surface area contributed by atoms with E-state index < -0.39 is 132 Å². The Labute approximate surface area is 462 Å². The van der Waals surface area contributed by atoms with Gasteiger partial charge in [0.1, 0.15) is 36.0 Å². The van der Waals surface area contributed by atoms with Gasteiger partial charge in [-0.3, -0.25) is 43.3 Å². The zero-order valence-corrected chi connectivity index (χ0v) is 48.8. The number of likely N-dealkylation sites (tertiary alicyclic amines) is 1. The van der Waals surface area contributed by atoms with Crippen LogP contribution < -0.4 is 20.7 Å². The molecule has 4 N–H and O–H groups in total. The van der Waals surface area contributed by atoms with Crippen LogP contribution in [0.4, 0.5) is 0 Å². The number of ketones is 1. The van der Waals surface area contributed by atoms with Crippen LogP contribution in [0.3, 0.4) is 0 Å². The van der Waals surface area contributed by atoms with Crippen LogP contribution in [-0.4, -0.2) is 179 Å². The largest absolute Gasteiger partial charge is 0.497 e. The summed E-state index contributed by atoms with van der Waals surface area (Å²) in [6.45, 7) is 23.9. The Hall–Kier alpha value is -5.89. The number of aliphatic hydroxyl groups excluding tert-OH is 1. The van der Waals surface area contributed by atoms with Crippen molar-refractivity contribution >= 4 is 53.2 Å². The van der Waals surface area contributed by atoms with E-state index >= 15 is 4.79 Å². The van der Waals surface area contributed by atoms with Gasteiger partial charge in [-0.05, 0) is 107 Å². The molecule has 0 unspecified atom stereocenters. The molecule has 0 aromatic heterocycles. The number of nitrogens with one attached hydrogen (secondary N) is 3. The van der Waals surface area contributed by atoms with Gasteiger partial charge >= 0.3 is 11.9 Å². The predicted molar refractivity (Wildman–Crippen MR) is 293 cm³/mol. The molecule has 20 nitrogen and oxygen atoms in total. The number of carbonyl (C=O) groups is 9. The number of hydrogen-bond acceptors (Lipinski definition) is 14. The smallest absolute Gasteiger partial charge is 0.329 e. The lowest BCUT2D eigenvalue weighted by Gasteiger charge is -2.36. The second-order valence-electron chi connectivity index (χ2n) is 23.1. The Bertz CT molecular complexity index is 2290.